The third-order valence-corrected chi connectivity index (χ3v) is 0. The van der Waals surface area contributed by atoms with Crippen molar-refractivity contribution in [2.24, 2.45) is 0 Å². The fourth-order valence-electron chi connectivity index (χ4n) is 0. The zero-order valence-electron chi connectivity index (χ0n) is 3.04. The van der Waals surface area contributed by atoms with Crippen LogP contribution in [0.25, 0.3) is 0 Å². The molecule has 0 aliphatic heterocycles. The molecule has 0 spiro atoms. The van der Waals surface area contributed by atoms with Gasteiger partial charge in [-0.15, -0.1) is 0 Å². The average Bonchev–Trinajstić information content (AvgIpc) is 1.41. The Bertz CT molecular complexity index is 59.2. The third-order valence-electron chi connectivity index (χ3n) is 0. The van der Waals surface area contributed by atoms with E-state index in [9.17, 15) is 0 Å². The molecule has 47 valence electrons. The summed E-state index contributed by atoms with van der Waals surface area (Å²) in [6, 6.07) is 0. The molecule has 0 aromatic carbocycles. The first-order valence-corrected chi connectivity index (χ1v) is 1.85. The van der Waals surface area contributed by atoms with Crippen LogP contribution < -0.4 is 0 Å². The van der Waals surface area contributed by atoms with Gasteiger partial charge in [0.05, 0.1) is 0 Å². The Labute approximate surface area is 59.2 Å². The Morgan fingerprint density at radius 3 is 1.43 bits per heavy atom. The predicted octanol–water partition coefficient (Wildman–Crippen LogP) is -0.182. The minimum atomic E-state index is -2.61. The molecule has 0 fully saturated rings. The maximum absolute atomic E-state index is 8.67. The molecule has 2 N–H and O–H groups in total. The van der Waals surface area contributed by atoms with Crippen LogP contribution >= 0.6 is 0 Å². The van der Waals surface area contributed by atoms with Gasteiger partial charge in [0, 0.05) is 29.0 Å². The molecule has 0 rings (SSSR count). The smallest absolute Gasteiger partial charge is 0.284 e. The standard InChI is InChI=1S/CHN.Au.H2O3S/c1-2;;1-4(2)3/h1H;;(H2,1,2,3). The van der Waals surface area contributed by atoms with Gasteiger partial charge < -0.3 is 0 Å². The summed E-state index contributed by atoms with van der Waals surface area (Å²) in [5.74, 6) is 0. The third kappa shape index (κ3) is 1290. The zero-order chi connectivity index (χ0) is 5.58. The number of rotatable bonds is 0. The van der Waals surface area contributed by atoms with E-state index in [1.807, 2.05) is 0 Å². The second kappa shape index (κ2) is 16.3. The summed E-state index contributed by atoms with van der Waals surface area (Å²) in [5.41, 5.74) is 0. The molecule has 0 unspecified atom stereocenters. The van der Waals surface area contributed by atoms with Gasteiger partial charge in [0.2, 0.25) is 0 Å². The maximum Gasteiger partial charge on any atom is 0.299 e. The van der Waals surface area contributed by atoms with E-state index >= 15 is 0 Å². The molecule has 0 saturated carbocycles. The van der Waals surface area contributed by atoms with Gasteiger partial charge in [0.25, 0.3) is 11.4 Å². The average molecular weight is 306 g/mol. The predicted molar refractivity (Wildman–Crippen MR) is 20.1 cm³/mol. The van der Waals surface area contributed by atoms with Crippen LogP contribution in [-0.4, -0.2) is 13.3 Å². The summed E-state index contributed by atoms with van der Waals surface area (Å²) in [7, 11) is 0. The van der Waals surface area contributed by atoms with Crippen molar-refractivity contribution in [3.05, 3.63) is 0 Å². The molecule has 0 atom stereocenters. The first-order chi connectivity index (χ1) is 2.73. The van der Waals surface area contributed by atoms with Gasteiger partial charge in [-0.05, 0) is 0 Å². The van der Waals surface area contributed by atoms with Crippen molar-refractivity contribution < 1.29 is 35.7 Å². The van der Waals surface area contributed by atoms with Crippen molar-refractivity contribution in [1.29, 1.82) is 5.26 Å². The second-order valence-corrected chi connectivity index (χ2v) is 0.692. The zero-order valence-corrected chi connectivity index (χ0v) is 6.02. The Morgan fingerprint density at radius 2 is 1.43 bits per heavy atom. The number of nitriles is 1. The molecule has 0 bridgehead atoms. The first-order valence-electron chi connectivity index (χ1n) is 0.790. The van der Waals surface area contributed by atoms with E-state index in [4.69, 9.17) is 18.6 Å². The summed E-state index contributed by atoms with van der Waals surface area (Å²) in [4.78, 5) is 0. The van der Waals surface area contributed by atoms with E-state index in [1.165, 1.54) is 0 Å². The fraction of sp³-hybridized carbons (Fsp3) is 0. The molecule has 0 aliphatic carbocycles. The second-order valence-electron chi connectivity index (χ2n) is 0.231. The first kappa shape index (κ1) is 15.7. The Morgan fingerprint density at radius 1 is 1.43 bits per heavy atom. The molecule has 0 aromatic heterocycles. The number of hydrogen-bond donors (Lipinski definition) is 2. The van der Waals surface area contributed by atoms with Crippen molar-refractivity contribution in [3.63, 3.8) is 0 Å². The van der Waals surface area contributed by atoms with Crippen molar-refractivity contribution in [2.75, 3.05) is 0 Å². The Hall–Kier alpha value is 0.300. The van der Waals surface area contributed by atoms with Gasteiger partial charge in [0.1, 0.15) is 0 Å². The summed E-state index contributed by atoms with van der Waals surface area (Å²) in [5, 5.41) is 6.50. The molecule has 7 heavy (non-hydrogen) atoms. The van der Waals surface area contributed by atoms with Crippen LogP contribution in [0, 0.1) is 11.8 Å². The summed E-state index contributed by atoms with van der Waals surface area (Å²) >= 11 is -2.61. The monoisotopic (exact) mass is 306 g/mol. The largest absolute Gasteiger partial charge is 0.299 e. The van der Waals surface area contributed by atoms with Gasteiger partial charge in [-0.2, -0.15) is 4.21 Å². The molecule has 0 heterocycles. The van der Waals surface area contributed by atoms with Crippen molar-refractivity contribution >= 4 is 11.4 Å². The molecule has 4 nitrogen and oxygen atoms in total. The van der Waals surface area contributed by atoms with Crippen LogP contribution in [0.3, 0.4) is 0 Å². The van der Waals surface area contributed by atoms with E-state index in [1.54, 1.807) is 0 Å². The van der Waals surface area contributed by atoms with Crippen LogP contribution in [-0.2, 0) is 33.7 Å². The normalized spacial score (nSPS) is 5.29. The van der Waals surface area contributed by atoms with Gasteiger partial charge >= 0.3 is 0 Å². The van der Waals surface area contributed by atoms with Crippen LogP contribution in [0.5, 0.6) is 0 Å². The van der Waals surface area contributed by atoms with E-state index in [0.717, 1.165) is 0 Å². The van der Waals surface area contributed by atoms with E-state index in [2.05, 4.69) is 6.57 Å². The van der Waals surface area contributed by atoms with E-state index < -0.39 is 11.4 Å². The topological polar surface area (TPSA) is 81.3 Å². The van der Waals surface area contributed by atoms with Crippen molar-refractivity contribution in [3.8, 4) is 6.57 Å². The molecule has 6 heteroatoms. The Balaban J connectivity index is -0.0000000480. The number of hydrogen-bond acceptors (Lipinski definition) is 2. The van der Waals surface area contributed by atoms with Gasteiger partial charge in [-0.1, -0.05) is 0 Å². The minimum Gasteiger partial charge on any atom is -0.284 e. The molecule has 0 aliphatic rings. The van der Waals surface area contributed by atoms with Gasteiger partial charge in [0.15, 0.2) is 0 Å². The molecule has 0 aromatic rings. The quantitative estimate of drug-likeness (QED) is 0.480. The van der Waals surface area contributed by atoms with Gasteiger partial charge in [-0.25, -0.2) is 5.26 Å². The van der Waals surface area contributed by atoms with E-state index in [0.29, 0.717) is 0 Å². The van der Waals surface area contributed by atoms with Crippen LogP contribution in [0.15, 0.2) is 0 Å². The molecular weight excluding hydrogens is 303 g/mol. The summed E-state index contributed by atoms with van der Waals surface area (Å²) in [6.07, 6.45) is 0. The van der Waals surface area contributed by atoms with E-state index in [-0.39, 0.29) is 22.4 Å². The van der Waals surface area contributed by atoms with Crippen molar-refractivity contribution in [1.82, 2.24) is 0 Å². The maximum atomic E-state index is 8.67. The fourth-order valence-corrected chi connectivity index (χ4v) is 0. The SMILES string of the molecule is C#N.O=S(O)O.[Au]. The molecule has 0 saturated heterocycles. The minimum absolute atomic E-state index is 0. The van der Waals surface area contributed by atoms with Crippen LogP contribution in [0.4, 0.5) is 0 Å². The van der Waals surface area contributed by atoms with Crippen LogP contribution in [0.1, 0.15) is 0 Å². The Kier molecular flexibility index (Phi) is 36.4. The molecular formula is CH3AuNO3S. The molecule has 1 radical (unpaired) electrons. The molecule has 0 amide bonds. The summed E-state index contributed by atoms with van der Waals surface area (Å²) in [6.45, 7) is 3.50. The van der Waals surface area contributed by atoms with Gasteiger partial charge in [-0.3, -0.25) is 9.11 Å². The summed E-state index contributed by atoms with van der Waals surface area (Å²) < 4.78 is 22.8. The number of nitrogens with zero attached hydrogens (tertiary/aromatic N) is 1. The van der Waals surface area contributed by atoms with Crippen molar-refractivity contribution in [2.45, 2.75) is 0 Å². The van der Waals surface area contributed by atoms with Crippen LogP contribution in [0.2, 0.25) is 0 Å².